The molecule has 0 atom stereocenters. The summed E-state index contributed by atoms with van der Waals surface area (Å²) in [5, 5.41) is 0. The lowest BCUT2D eigenvalue weighted by Crippen LogP contribution is -2.08. The summed E-state index contributed by atoms with van der Waals surface area (Å²) in [4.78, 5) is 0. The van der Waals surface area contributed by atoms with Crippen molar-refractivity contribution in [2.45, 2.75) is 12.4 Å². The van der Waals surface area contributed by atoms with Crippen LogP contribution in [0.25, 0.3) is 0 Å². The summed E-state index contributed by atoms with van der Waals surface area (Å²) in [6.07, 6.45) is -9.21. The van der Waals surface area contributed by atoms with E-state index in [1.54, 1.807) is 0 Å². The third kappa shape index (κ3) is 4.56. The van der Waals surface area contributed by atoms with Gasteiger partial charge in [0.1, 0.15) is 0 Å². The van der Waals surface area contributed by atoms with Gasteiger partial charge in [0.05, 0.1) is 11.1 Å². The summed E-state index contributed by atoms with van der Waals surface area (Å²) in [6, 6.07) is 1.62. The quantitative estimate of drug-likeness (QED) is 0.537. The van der Waals surface area contributed by atoms with Gasteiger partial charge in [-0.3, -0.25) is 0 Å². The van der Waals surface area contributed by atoms with Crippen molar-refractivity contribution < 1.29 is 26.3 Å². The monoisotopic (exact) mass is 359 g/mol. The first kappa shape index (κ1) is 17.9. The molecule has 0 saturated heterocycles. The van der Waals surface area contributed by atoms with Crippen molar-refractivity contribution in [3.8, 4) is 0 Å². The van der Waals surface area contributed by atoms with E-state index in [-0.39, 0.29) is 30.1 Å². The molecule has 1 rings (SSSR count). The van der Waals surface area contributed by atoms with Crippen molar-refractivity contribution in [2.24, 2.45) is 0 Å². The van der Waals surface area contributed by atoms with Gasteiger partial charge in [-0.1, -0.05) is 0 Å². The van der Waals surface area contributed by atoms with Crippen LogP contribution in [-0.2, 0) is 12.4 Å². The molecular formula is C8H8F6IN. The molecule has 0 unspecified atom stereocenters. The van der Waals surface area contributed by atoms with Crippen LogP contribution < -0.4 is 6.15 Å². The van der Waals surface area contributed by atoms with Gasteiger partial charge in [0, 0.05) is 0 Å². The third-order valence-corrected chi connectivity index (χ3v) is 1.54. The van der Waals surface area contributed by atoms with Gasteiger partial charge < -0.3 is 6.15 Å². The van der Waals surface area contributed by atoms with E-state index in [1.807, 2.05) is 0 Å². The fraction of sp³-hybridized carbons (Fsp3) is 0.250. The van der Waals surface area contributed by atoms with E-state index in [9.17, 15) is 26.3 Å². The Morgan fingerprint density at radius 1 is 0.625 bits per heavy atom. The summed E-state index contributed by atoms with van der Waals surface area (Å²) in [7, 11) is 0. The molecule has 0 aliphatic heterocycles. The lowest BCUT2D eigenvalue weighted by Gasteiger charge is -2.09. The molecule has 0 aromatic heterocycles. The maximum atomic E-state index is 11.9. The predicted molar refractivity (Wildman–Crippen MR) is 56.9 cm³/mol. The minimum Gasteiger partial charge on any atom is -0.344 e. The molecule has 0 aliphatic rings. The third-order valence-electron chi connectivity index (χ3n) is 1.54. The molecule has 0 spiro atoms. The Kier molecular flexibility index (Phi) is 6.38. The van der Waals surface area contributed by atoms with Crippen molar-refractivity contribution in [1.82, 2.24) is 6.15 Å². The molecule has 8 heteroatoms. The van der Waals surface area contributed by atoms with Crippen LogP contribution in [0.1, 0.15) is 11.1 Å². The zero-order valence-electron chi connectivity index (χ0n) is 7.69. The molecule has 0 radical (unpaired) electrons. The van der Waals surface area contributed by atoms with Crippen LogP contribution in [-0.4, -0.2) is 0 Å². The van der Waals surface area contributed by atoms with E-state index in [1.165, 1.54) is 0 Å². The Labute approximate surface area is 104 Å². The summed E-state index contributed by atoms with van der Waals surface area (Å²) in [5.41, 5.74) is -2.18. The van der Waals surface area contributed by atoms with Crippen LogP contribution in [0.3, 0.4) is 0 Å². The van der Waals surface area contributed by atoms with Crippen LogP contribution in [0.15, 0.2) is 24.3 Å². The first-order chi connectivity index (χ1) is 6.21. The molecule has 94 valence electrons. The SMILES string of the molecule is FC(F)(F)c1ccc(C(F)(F)F)cc1.I.N. The highest BCUT2D eigenvalue weighted by molar-refractivity contribution is 14.0. The van der Waals surface area contributed by atoms with Gasteiger partial charge in [-0.15, -0.1) is 24.0 Å². The smallest absolute Gasteiger partial charge is 0.344 e. The summed E-state index contributed by atoms with van der Waals surface area (Å²) in [6.45, 7) is 0. The van der Waals surface area contributed by atoms with E-state index in [4.69, 9.17) is 0 Å². The number of benzene rings is 1. The molecule has 0 bridgehead atoms. The molecule has 0 aliphatic carbocycles. The molecule has 16 heavy (non-hydrogen) atoms. The summed E-state index contributed by atoms with van der Waals surface area (Å²) < 4.78 is 71.6. The van der Waals surface area contributed by atoms with Crippen LogP contribution in [0, 0.1) is 0 Å². The van der Waals surface area contributed by atoms with Gasteiger partial charge in [0.15, 0.2) is 0 Å². The second-order valence-electron chi connectivity index (χ2n) is 2.57. The van der Waals surface area contributed by atoms with Gasteiger partial charge in [0.2, 0.25) is 0 Å². The Hall–Kier alpha value is -0.510. The van der Waals surface area contributed by atoms with Crippen molar-refractivity contribution in [1.29, 1.82) is 0 Å². The highest BCUT2D eigenvalue weighted by Gasteiger charge is 2.33. The van der Waals surface area contributed by atoms with E-state index >= 15 is 0 Å². The molecule has 1 aromatic rings. The minimum atomic E-state index is -4.61. The van der Waals surface area contributed by atoms with Gasteiger partial charge in [-0.25, -0.2) is 0 Å². The van der Waals surface area contributed by atoms with E-state index in [0.717, 1.165) is 0 Å². The summed E-state index contributed by atoms with van der Waals surface area (Å²) in [5.74, 6) is 0. The minimum absolute atomic E-state index is 0. The van der Waals surface area contributed by atoms with Crippen LogP contribution in [0.4, 0.5) is 26.3 Å². The number of alkyl halides is 6. The lowest BCUT2D eigenvalue weighted by atomic mass is 10.1. The van der Waals surface area contributed by atoms with Gasteiger partial charge in [0.25, 0.3) is 0 Å². The second-order valence-corrected chi connectivity index (χ2v) is 2.57. The van der Waals surface area contributed by atoms with Gasteiger partial charge >= 0.3 is 12.4 Å². The van der Waals surface area contributed by atoms with E-state index in [2.05, 4.69) is 0 Å². The van der Waals surface area contributed by atoms with Crippen LogP contribution >= 0.6 is 24.0 Å². The number of hydrogen-bond acceptors (Lipinski definition) is 1. The van der Waals surface area contributed by atoms with Crippen molar-refractivity contribution >= 4 is 24.0 Å². The Balaban J connectivity index is 0. The first-order valence-electron chi connectivity index (χ1n) is 3.46. The lowest BCUT2D eigenvalue weighted by molar-refractivity contribution is -0.141. The van der Waals surface area contributed by atoms with Crippen molar-refractivity contribution in [3.63, 3.8) is 0 Å². The maximum absolute atomic E-state index is 11.9. The topological polar surface area (TPSA) is 35.0 Å². The van der Waals surface area contributed by atoms with Gasteiger partial charge in [-0.05, 0) is 24.3 Å². The zero-order chi connectivity index (χ0) is 11.0. The highest BCUT2D eigenvalue weighted by Crippen LogP contribution is 2.33. The van der Waals surface area contributed by atoms with Crippen LogP contribution in [0.2, 0.25) is 0 Å². The van der Waals surface area contributed by atoms with E-state index in [0.29, 0.717) is 24.3 Å². The maximum Gasteiger partial charge on any atom is 0.416 e. The molecule has 1 nitrogen and oxygen atoms in total. The average molecular weight is 359 g/mol. The fourth-order valence-corrected chi connectivity index (χ4v) is 0.848. The molecule has 0 fully saturated rings. The number of rotatable bonds is 0. The largest absolute Gasteiger partial charge is 0.416 e. The Bertz CT molecular complexity index is 282. The standard InChI is InChI=1S/C8H4F6.HI.H3N/c9-7(10,11)5-1-2-6(4-3-5)8(12,13)14;;/h1-4H;1H;1H3. The Morgan fingerprint density at radius 2 is 0.812 bits per heavy atom. The second kappa shape index (κ2) is 5.71. The normalized spacial score (nSPS) is 11.4. The zero-order valence-corrected chi connectivity index (χ0v) is 10.0. The number of halogens is 7. The van der Waals surface area contributed by atoms with Crippen LogP contribution in [0.5, 0.6) is 0 Å². The van der Waals surface area contributed by atoms with Gasteiger partial charge in [-0.2, -0.15) is 26.3 Å². The summed E-state index contributed by atoms with van der Waals surface area (Å²) >= 11 is 0. The molecule has 3 N–H and O–H groups in total. The highest BCUT2D eigenvalue weighted by atomic mass is 127. The number of hydrogen-bond donors (Lipinski definition) is 1. The Morgan fingerprint density at radius 3 is 0.938 bits per heavy atom. The molecule has 1 aromatic carbocycles. The molecule has 0 saturated carbocycles. The predicted octanol–water partition coefficient (Wildman–Crippen LogP) is 4.50. The molecule has 0 amide bonds. The van der Waals surface area contributed by atoms with Crippen molar-refractivity contribution in [2.75, 3.05) is 0 Å². The molecular weight excluding hydrogens is 351 g/mol. The average Bonchev–Trinajstić information content (AvgIpc) is 2.01. The van der Waals surface area contributed by atoms with Crippen molar-refractivity contribution in [3.05, 3.63) is 35.4 Å². The molecule has 0 heterocycles. The first-order valence-corrected chi connectivity index (χ1v) is 3.46. The fourth-order valence-electron chi connectivity index (χ4n) is 0.848. The van der Waals surface area contributed by atoms with E-state index < -0.39 is 23.5 Å².